The van der Waals surface area contributed by atoms with E-state index in [-0.39, 0.29) is 17.0 Å². The molecule has 0 fully saturated rings. The molecule has 0 bridgehead atoms. The molecule has 184 valence electrons. The molecule has 1 aliphatic rings. The van der Waals surface area contributed by atoms with Crippen molar-refractivity contribution in [1.29, 1.82) is 0 Å². The summed E-state index contributed by atoms with van der Waals surface area (Å²) in [5.41, 5.74) is 3.23. The van der Waals surface area contributed by atoms with Gasteiger partial charge in [-0.15, -0.1) is 11.3 Å². The van der Waals surface area contributed by atoms with Crippen LogP contribution in [0.3, 0.4) is 0 Å². The molecule has 1 aromatic heterocycles. The molecule has 0 saturated heterocycles. The van der Waals surface area contributed by atoms with Crippen LogP contribution in [0.1, 0.15) is 72.0 Å². The standard InChI is InChI=1S/C26H34N2O4S2/c1-6-31-23(29)21-18-9-7-10-20(18)34-22(21)27-25(33)28-24(30)26(4,5)13-8-14-32-19-15-16(2)11-12-17(19)3/h11-12,15H,6-10,13-14H2,1-5H3,(H2,27,28,30,33). The van der Waals surface area contributed by atoms with Crippen LogP contribution >= 0.6 is 23.6 Å². The molecule has 0 atom stereocenters. The number of carbonyl (C=O) groups is 2. The highest BCUT2D eigenvalue weighted by Crippen LogP contribution is 2.39. The molecule has 1 amide bonds. The lowest BCUT2D eigenvalue weighted by Crippen LogP contribution is -2.42. The molecule has 0 unspecified atom stereocenters. The lowest BCUT2D eigenvalue weighted by Gasteiger charge is -2.24. The monoisotopic (exact) mass is 502 g/mol. The molecule has 3 rings (SSSR count). The van der Waals surface area contributed by atoms with E-state index in [1.807, 2.05) is 39.8 Å². The van der Waals surface area contributed by atoms with Crippen molar-refractivity contribution in [3.63, 3.8) is 0 Å². The predicted octanol–water partition coefficient (Wildman–Crippen LogP) is 5.73. The first-order valence-electron chi connectivity index (χ1n) is 11.8. The summed E-state index contributed by atoms with van der Waals surface area (Å²) >= 11 is 6.93. The van der Waals surface area contributed by atoms with E-state index < -0.39 is 5.41 Å². The van der Waals surface area contributed by atoms with Crippen molar-refractivity contribution < 1.29 is 19.1 Å². The number of rotatable bonds is 9. The van der Waals surface area contributed by atoms with E-state index in [1.54, 1.807) is 6.92 Å². The largest absolute Gasteiger partial charge is 0.493 e. The molecular weight excluding hydrogens is 468 g/mol. The summed E-state index contributed by atoms with van der Waals surface area (Å²) in [6.45, 7) is 10.5. The van der Waals surface area contributed by atoms with Crippen LogP contribution in [0.5, 0.6) is 5.75 Å². The number of thiocarbonyl (C=S) groups is 1. The van der Waals surface area contributed by atoms with Crippen LogP contribution in [0.25, 0.3) is 0 Å². The minimum absolute atomic E-state index is 0.168. The van der Waals surface area contributed by atoms with Crippen molar-refractivity contribution >= 4 is 45.5 Å². The average molecular weight is 503 g/mol. The van der Waals surface area contributed by atoms with Crippen LogP contribution in [0, 0.1) is 19.3 Å². The number of aryl methyl sites for hydroxylation is 3. The van der Waals surface area contributed by atoms with Gasteiger partial charge in [0.1, 0.15) is 10.8 Å². The van der Waals surface area contributed by atoms with Gasteiger partial charge in [0.25, 0.3) is 0 Å². The number of thiophene rings is 1. The molecule has 0 radical (unpaired) electrons. The van der Waals surface area contributed by atoms with E-state index >= 15 is 0 Å². The Labute approximate surface area is 211 Å². The zero-order valence-corrected chi connectivity index (χ0v) is 22.3. The van der Waals surface area contributed by atoms with Crippen LogP contribution in [-0.4, -0.2) is 30.2 Å². The molecule has 1 aromatic carbocycles. The topological polar surface area (TPSA) is 76.7 Å². The van der Waals surface area contributed by atoms with Gasteiger partial charge in [-0.25, -0.2) is 4.79 Å². The first-order chi connectivity index (χ1) is 16.1. The fourth-order valence-electron chi connectivity index (χ4n) is 3.99. The lowest BCUT2D eigenvalue weighted by atomic mass is 9.87. The van der Waals surface area contributed by atoms with E-state index in [4.69, 9.17) is 21.7 Å². The first kappa shape index (κ1) is 26.2. The quantitative estimate of drug-likeness (QED) is 0.259. The fraction of sp³-hybridized carbons (Fsp3) is 0.500. The first-order valence-corrected chi connectivity index (χ1v) is 13.0. The molecular formula is C26H34N2O4S2. The molecule has 0 aliphatic heterocycles. The number of hydrogen-bond acceptors (Lipinski definition) is 6. The second kappa shape index (κ2) is 11.3. The maximum absolute atomic E-state index is 12.9. The molecule has 2 aromatic rings. The summed E-state index contributed by atoms with van der Waals surface area (Å²) in [6.07, 6.45) is 4.23. The van der Waals surface area contributed by atoms with Gasteiger partial charge in [-0.3, -0.25) is 4.79 Å². The van der Waals surface area contributed by atoms with Crippen LogP contribution in [0.2, 0.25) is 0 Å². The summed E-state index contributed by atoms with van der Waals surface area (Å²) in [4.78, 5) is 26.6. The fourth-order valence-corrected chi connectivity index (χ4v) is 5.53. The molecule has 2 N–H and O–H groups in total. The highest BCUT2D eigenvalue weighted by Gasteiger charge is 2.30. The Morgan fingerprint density at radius 2 is 1.97 bits per heavy atom. The molecule has 0 spiro atoms. The van der Waals surface area contributed by atoms with E-state index in [1.165, 1.54) is 16.2 Å². The summed E-state index contributed by atoms with van der Waals surface area (Å²) in [6, 6.07) is 6.14. The maximum atomic E-state index is 12.9. The molecule has 1 aliphatic carbocycles. The Hall–Kier alpha value is -2.45. The van der Waals surface area contributed by atoms with Gasteiger partial charge in [-0.1, -0.05) is 26.0 Å². The van der Waals surface area contributed by atoms with Crippen molar-refractivity contribution in [2.24, 2.45) is 5.41 Å². The highest BCUT2D eigenvalue weighted by molar-refractivity contribution is 7.80. The number of amides is 1. The van der Waals surface area contributed by atoms with Crippen molar-refractivity contribution in [2.75, 3.05) is 18.5 Å². The molecule has 1 heterocycles. The second-order valence-corrected chi connectivity index (χ2v) is 10.8. The van der Waals surface area contributed by atoms with Gasteiger partial charge < -0.3 is 20.1 Å². The Morgan fingerprint density at radius 3 is 2.71 bits per heavy atom. The number of benzene rings is 1. The van der Waals surface area contributed by atoms with E-state index in [0.29, 0.717) is 30.2 Å². The number of hydrogen-bond donors (Lipinski definition) is 2. The van der Waals surface area contributed by atoms with Gasteiger partial charge in [-0.05, 0) is 87.8 Å². The van der Waals surface area contributed by atoms with Gasteiger partial charge in [0.15, 0.2) is 5.11 Å². The third-order valence-electron chi connectivity index (χ3n) is 6.02. The van der Waals surface area contributed by atoms with Crippen LogP contribution in [0.15, 0.2) is 18.2 Å². The number of nitrogens with one attached hydrogen (secondary N) is 2. The SMILES string of the molecule is CCOC(=O)c1c(NC(=S)NC(=O)C(C)(C)CCCOc2cc(C)ccc2C)sc2c1CCC2. The van der Waals surface area contributed by atoms with Gasteiger partial charge in [-0.2, -0.15) is 0 Å². The molecule has 6 nitrogen and oxygen atoms in total. The number of carbonyl (C=O) groups excluding carboxylic acids is 2. The smallest absolute Gasteiger partial charge is 0.341 e. The third-order valence-corrected chi connectivity index (χ3v) is 7.43. The average Bonchev–Trinajstić information content (AvgIpc) is 3.34. The number of ether oxygens (including phenoxy) is 2. The highest BCUT2D eigenvalue weighted by atomic mass is 32.1. The van der Waals surface area contributed by atoms with Crippen molar-refractivity contribution in [2.45, 2.75) is 66.7 Å². The van der Waals surface area contributed by atoms with E-state index in [9.17, 15) is 9.59 Å². The zero-order valence-electron chi connectivity index (χ0n) is 20.6. The molecule has 34 heavy (non-hydrogen) atoms. The lowest BCUT2D eigenvalue weighted by molar-refractivity contribution is -0.128. The van der Waals surface area contributed by atoms with Crippen LogP contribution < -0.4 is 15.4 Å². The Kier molecular flexibility index (Phi) is 8.71. The number of fused-ring (bicyclic) bond motifs is 1. The summed E-state index contributed by atoms with van der Waals surface area (Å²) in [5, 5.41) is 6.71. The third kappa shape index (κ3) is 6.36. The Morgan fingerprint density at radius 1 is 1.21 bits per heavy atom. The number of anilines is 1. The van der Waals surface area contributed by atoms with Crippen molar-refractivity contribution in [3.05, 3.63) is 45.3 Å². The van der Waals surface area contributed by atoms with Gasteiger partial charge in [0.05, 0.1) is 18.8 Å². The van der Waals surface area contributed by atoms with Gasteiger partial charge >= 0.3 is 5.97 Å². The summed E-state index contributed by atoms with van der Waals surface area (Å²) < 4.78 is 11.2. The van der Waals surface area contributed by atoms with Gasteiger partial charge in [0, 0.05) is 10.3 Å². The van der Waals surface area contributed by atoms with Crippen LogP contribution in [0.4, 0.5) is 5.00 Å². The van der Waals surface area contributed by atoms with E-state index in [0.717, 1.165) is 48.1 Å². The maximum Gasteiger partial charge on any atom is 0.341 e. The summed E-state index contributed by atoms with van der Waals surface area (Å²) in [7, 11) is 0. The Balaban J connectivity index is 1.54. The van der Waals surface area contributed by atoms with Crippen molar-refractivity contribution in [1.82, 2.24) is 5.32 Å². The predicted molar refractivity (Wildman–Crippen MR) is 141 cm³/mol. The Bertz CT molecular complexity index is 1070. The summed E-state index contributed by atoms with van der Waals surface area (Å²) in [5.74, 6) is 0.370. The molecule has 8 heteroatoms. The minimum atomic E-state index is -0.627. The normalized spacial score (nSPS) is 12.7. The number of esters is 1. The van der Waals surface area contributed by atoms with Gasteiger partial charge in [0.2, 0.25) is 5.91 Å². The zero-order chi connectivity index (χ0) is 24.9. The molecule has 0 saturated carbocycles. The van der Waals surface area contributed by atoms with Crippen molar-refractivity contribution in [3.8, 4) is 5.75 Å². The minimum Gasteiger partial charge on any atom is -0.493 e. The van der Waals surface area contributed by atoms with Crippen LogP contribution in [-0.2, 0) is 22.4 Å². The van der Waals surface area contributed by atoms with E-state index in [2.05, 4.69) is 16.7 Å². The second-order valence-electron chi connectivity index (χ2n) is 9.30.